The van der Waals surface area contributed by atoms with Crippen molar-refractivity contribution >= 4 is 16.8 Å². The van der Waals surface area contributed by atoms with Gasteiger partial charge in [-0.05, 0) is 24.6 Å². The quantitative estimate of drug-likeness (QED) is 0.798. The maximum absolute atomic E-state index is 13.1. The zero-order valence-corrected chi connectivity index (χ0v) is 10.1. The molecule has 2 aromatic rings. The molecule has 1 aromatic carbocycles. The second kappa shape index (κ2) is 5.64. The molecule has 0 saturated carbocycles. The summed E-state index contributed by atoms with van der Waals surface area (Å²) in [6.45, 7) is 1.14. The Morgan fingerprint density at radius 2 is 2.33 bits per heavy atom. The fourth-order valence-electron chi connectivity index (χ4n) is 1.79. The Bertz CT molecular complexity index is 551. The Kier molecular flexibility index (Phi) is 3.94. The fourth-order valence-corrected chi connectivity index (χ4v) is 1.79. The number of fused-ring (bicyclic) bond motifs is 1. The van der Waals surface area contributed by atoms with Gasteiger partial charge >= 0.3 is 0 Å². The zero-order chi connectivity index (χ0) is 13.0. The standard InChI is InChI=1S/C13H15FN2O2/c1-18-6-2-5-15-13(17)11-8-16-12-4-3-9(14)7-10(11)12/h3-4,7-8,16H,2,5-6H2,1H3,(H,15,17). The molecule has 0 aliphatic carbocycles. The summed E-state index contributed by atoms with van der Waals surface area (Å²) in [5.74, 6) is -0.557. The van der Waals surface area contributed by atoms with Crippen LogP contribution >= 0.6 is 0 Å². The van der Waals surface area contributed by atoms with E-state index in [0.717, 1.165) is 11.9 Å². The normalized spacial score (nSPS) is 10.8. The minimum atomic E-state index is -0.351. The lowest BCUT2D eigenvalue weighted by molar-refractivity contribution is 0.0950. The van der Waals surface area contributed by atoms with Crippen molar-refractivity contribution < 1.29 is 13.9 Å². The number of aromatic nitrogens is 1. The fraction of sp³-hybridized carbons (Fsp3) is 0.308. The van der Waals surface area contributed by atoms with E-state index < -0.39 is 0 Å². The summed E-state index contributed by atoms with van der Waals surface area (Å²) in [7, 11) is 1.62. The maximum Gasteiger partial charge on any atom is 0.253 e. The van der Waals surface area contributed by atoms with Gasteiger partial charge in [-0.15, -0.1) is 0 Å². The van der Waals surface area contributed by atoms with E-state index in [2.05, 4.69) is 10.3 Å². The molecule has 2 N–H and O–H groups in total. The number of nitrogens with one attached hydrogen (secondary N) is 2. The molecule has 1 aromatic heterocycles. The largest absolute Gasteiger partial charge is 0.385 e. The third-order valence-electron chi connectivity index (χ3n) is 2.70. The first-order valence-electron chi connectivity index (χ1n) is 5.76. The minimum absolute atomic E-state index is 0.206. The highest BCUT2D eigenvalue weighted by molar-refractivity contribution is 6.06. The first-order valence-corrected chi connectivity index (χ1v) is 5.76. The molecular formula is C13H15FN2O2. The third-order valence-corrected chi connectivity index (χ3v) is 2.70. The molecule has 0 bridgehead atoms. The number of hydrogen-bond donors (Lipinski definition) is 2. The Labute approximate surface area is 104 Å². The molecule has 0 atom stereocenters. The summed E-state index contributed by atoms with van der Waals surface area (Å²) < 4.78 is 18.0. The van der Waals surface area contributed by atoms with Crippen LogP contribution in [0.5, 0.6) is 0 Å². The molecule has 1 amide bonds. The van der Waals surface area contributed by atoms with Gasteiger partial charge in [-0.2, -0.15) is 0 Å². The van der Waals surface area contributed by atoms with Gasteiger partial charge in [0.1, 0.15) is 5.82 Å². The van der Waals surface area contributed by atoms with Gasteiger partial charge in [-0.1, -0.05) is 0 Å². The van der Waals surface area contributed by atoms with Crippen molar-refractivity contribution in [2.45, 2.75) is 6.42 Å². The van der Waals surface area contributed by atoms with Gasteiger partial charge in [-0.3, -0.25) is 4.79 Å². The SMILES string of the molecule is COCCCNC(=O)c1c[nH]c2ccc(F)cc12. The molecule has 0 fully saturated rings. The van der Waals surface area contributed by atoms with Crippen molar-refractivity contribution in [3.05, 3.63) is 35.8 Å². The number of carbonyl (C=O) groups is 1. The highest BCUT2D eigenvalue weighted by Gasteiger charge is 2.11. The van der Waals surface area contributed by atoms with Crippen LogP contribution in [0.2, 0.25) is 0 Å². The van der Waals surface area contributed by atoms with Gasteiger partial charge in [0.25, 0.3) is 5.91 Å². The lowest BCUT2D eigenvalue weighted by Gasteiger charge is -2.03. The first kappa shape index (κ1) is 12.6. The average molecular weight is 250 g/mol. The summed E-state index contributed by atoms with van der Waals surface area (Å²) >= 11 is 0. The Morgan fingerprint density at radius 1 is 1.50 bits per heavy atom. The predicted octanol–water partition coefficient (Wildman–Crippen LogP) is 2.07. The second-order valence-corrected chi connectivity index (χ2v) is 3.99. The molecule has 96 valence electrons. The van der Waals surface area contributed by atoms with Crippen molar-refractivity contribution in [3.63, 3.8) is 0 Å². The van der Waals surface area contributed by atoms with E-state index in [-0.39, 0.29) is 11.7 Å². The molecule has 0 aliphatic rings. The highest BCUT2D eigenvalue weighted by atomic mass is 19.1. The molecule has 5 heteroatoms. The van der Waals surface area contributed by atoms with E-state index in [0.29, 0.717) is 24.1 Å². The number of benzene rings is 1. The number of aromatic amines is 1. The number of H-pyrrole nitrogens is 1. The van der Waals surface area contributed by atoms with Crippen LogP contribution in [0.3, 0.4) is 0 Å². The molecule has 18 heavy (non-hydrogen) atoms. The molecular weight excluding hydrogens is 235 g/mol. The number of rotatable bonds is 5. The number of ether oxygens (including phenoxy) is 1. The molecule has 0 aliphatic heterocycles. The monoisotopic (exact) mass is 250 g/mol. The van der Waals surface area contributed by atoms with Gasteiger partial charge in [-0.25, -0.2) is 4.39 Å². The summed E-state index contributed by atoms with van der Waals surface area (Å²) in [6.07, 6.45) is 2.34. The minimum Gasteiger partial charge on any atom is -0.385 e. The third kappa shape index (κ3) is 2.68. The van der Waals surface area contributed by atoms with Gasteiger partial charge < -0.3 is 15.0 Å². The maximum atomic E-state index is 13.1. The van der Waals surface area contributed by atoms with E-state index in [1.54, 1.807) is 19.4 Å². The number of hydrogen-bond acceptors (Lipinski definition) is 2. The lowest BCUT2D eigenvalue weighted by atomic mass is 10.1. The van der Waals surface area contributed by atoms with Gasteiger partial charge in [0, 0.05) is 37.4 Å². The topological polar surface area (TPSA) is 54.1 Å². The van der Waals surface area contributed by atoms with Crippen LogP contribution in [0.4, 0.5) is 4.39 Å². The van der Waals surface area contributed by atoms with Crippen molar-refractivity contribution in [3.8, 4) is 0 Å². The number of halogens is 1. The smallest absolute Gasteiger partial charge is 0.253 e. The van der Waals surface area contributed by atoms with Crippen LogP contribution in [0.25, 0.3) is 10.9 Å². The molecule has 0 spiro atoms. The Balaban J connectivity index is 2.10. The van der Waals surface area contributed by atoms with E-state index in [1.165, 1.54) is 12.1 Å². The summed E-state index contributed by atoms with van der Waals surface area (Å²) in [6, 6.07) is 4.33. The highest BCUT2D eigenvalue weighted by Crippen LogP contribution is 2.19. The van der Waals surface area contributed by atoms with Crippen LogP contribution in [0, 0.1) is 5.82 Å². The van der Waals surface area contributed by atoms with Gasteiger partial charge in [0.15, 0.2) is 0 Å². The number of amides is 1. The van der Waals surface area contributed by atoms with E-state index >= 15 is 0 Å². The molecule has 0 unspecified atom stereocenters. The van der Waals surface area contributed by atoms with Gasteiger partial charge in [0.2, 0.25) is 0 Å². The van der Waals surface area contributed by atoms with Crippen LogP contribution in [0.15, 0.2) is 24.4 Å². The summed E-state index contributed by atoms with van der Waals surface area (Å²) in [5, 5.41) is 3.37. The lowest BCUT2D eigenvalue weighted by Crippen LogP contribution is -2.24. The van der Waals surface area contributed by atoms with Crippen LogP contribution in [-0.2, 0) is 4.74 Å². The van der Waals surface area contributed by atoms with Crippen molar-refractivity contribution in [2.75, 3.05) is 20.3 Å². The van der Waals surface area contributed by atoms with Crippen LogP contribution < -0.4 is 5.32 Å². The predicted molar refractivity (Wildman–Crippen MR) is 67.1 cm³/mol. The molecule has 4 nitrogen and oxygen atoms in total. The van der Waals surface area contributed by atoms with Gasteiger partial charge in [0.05, 0.1) is 5.56 Å². The Hall–Kier alpha value is -1.88. The Morgan fingerprint density at radius 3 is 3.11 bits per heavy atom. The van der Waals surface area contributed by atoms with Crippen LogP contribution in [0.1, 0.15) is 16.8 Å². The molecule has 2 rings (SSSR count). The molecule has 0 saturated heterocycles. The molecule has 1 heterocycles. The van der Waals surface area contributed by atoms with E-state index in [9.17, 15) is 9.18 Å². The first-order chi connectivity index (χ1) is 8.72. The van der Waals surface area contributed by atoms with Crippen LogP contribution in [-0.4, -0.2) is 31.2 Å². The van der Waals surface area contributed by atoms with E-state index in [1.807, 2.05) is 0 Å². The number of carbonyl (C=O) groups excluding carboxylic acids is 1. The molecule has 0 radical (unpaired) electrons. The summed E-state index contributed by atoms with van der Waals surface area (Å²) in [4.78, 5) is 14.8. The second-order valence-electron chi connectivity index (χ2n) is 3.99. The van der Waals surface area contributed by atoms with Crippen molar-refractivity contribution in [1.29, 1.82) is 0 Å². The average Bonchev–Trinajstić information content (AvgIpc) is 2.77. The van der Waals surface area contributed by atoms with E-state index in [4.69, 9.17) is 4.74 Å². The van der Waals surface area contributed by atoms with Crippen molar-refractivity contribution in [2.24, 2.45) is 0 Å². The van der Waals surface area contributed by atoms with Crippen molar-refractivity contribution in [1.82, 2.24) is 10.3 Å². The number of methoxy groups -OCH3 is 1. The zero-order valence-electron chi connectivity index (χ0n) is 10.1. The summed E-state index contributed by atoms with van der Waals surface area (Å²) in [5.41, 5.74) is 1.21.